The number of rotatable bonds is 4. The van der Waals surface area contributed by atoms with Crippen molar-refractivity contribution in [2.75, 3.05) is 7.11 Å². The lowest BCUT2D eigenvalue weighted by Crippen LogP contribution is -1.83. The molecule has 0 N–H and O–H groups in total. The summed E-state index contributed by atoms with van der Waals surface area (Å²) in [6, 6.07) is 9.91. The van der Waals surface area contributed by atoms with E-state index in [1.165, 1.54) is 12.8 Å². The van der Waals surface area contributed by atoms with Gasteiger partial charge in [-0.25, -0.2) is 0 Å². The second kappa shape index (κ2) is 4.24. The average molecular weight is 229 g/mol. The highest BCUT2D eigenvalue weighted by Crippen LogP contribution is 2.33. The first-order chi connectivity index (χ1) is 8.35. The minimum absolute atomic E-state index is 0.820. The Morgan fingerprint density at radius 1 is 1.35 bits per heavy atom. The lowest BCUT2D eigenvalue weighted by Gasteiger charge is -2.00. The molecule has 0 radical (unpaired) electrons. The average Bonchev–Trinajstić information content (AvgIpc) is 3.05. The van der Waals surface area contributed by atoms with E-state index in [2.05, 4.69) is 5.16 Å². The van der Waals surface area contributed by atoms with Crippen LogP contribution in [0.2, 0.25) is 0 Å². The lowest BCUT2D eigenvalue weighted by molar-refractivity contribution is 0.380. The van der Waals surface area contributed by atoms with Gasteiger partial charge in [-0.05, 0) is 30.9 Å². The van der Waals surface area contributed by atoms with Crippen LogP contribution in [0, 0.1) is 5.92 Å². The summed E-state index contributed by atoms with van der Waals surface area (Å²) < 4.78 is 10.6. The zero-order valence-electron chi connectivity index (χ0n) is 9.85. The molecule has 1 saturated carbocycles. The summed E-state index contributed by atoms with van der Waals surface area (Å²) in [5.41, 5.74) is 1.93. The van der Waals surface area contributed by atoms with E-state index in [4.69, 9.17) is 9.26 Å². The predicted molar refractivity (Wildman–Crippen MR) is 64.9 cm³/mol. The Hall–Kier alpha value is -1.77. The molecule has 3 rings (SSSR count). The number of aromatic nitrogens is 1. The van der Waals surface area contributed by atoms with E-state index in [0.717, 1.165) is 35.1 Å². The molecule has 1 fully saturated rings. The molecular weight excluding hydrogens is 214 g/mol. The van der Waals surface area contributed by atoms with Crippen molar-refractivity contribution in [3.63, 3.8) is 0 Å². The SMILES string of the molecule is COc1cccc(-c2cc(CC3CC3)on2)c1. The Bertz CT molecular complexity index is 514. The maximum Gasteiger partial charge on any atom is 0.137 e. The van der Waals surface area contributed by atoms with E-state index in [0.29, 0.717) is 0 Å². The van der Waals surface area contributed by atoms with Crippen molar-refractivity contribution in [2.24, 2.45) is 5.92 Å². The third kappa shape index (κ3) is 2.33. The molecule has 1 aliphatic carbocycles. The summed E-state index contributed by atoms with van der Waals surface area (Å²) in [6.45, 7) is 0. The normalized spacial score (nSPS) is 14.9. The highest BCUT2D eigenvalue weighted by Gasteiger charge is 2.23. The van der Waals surface area contributed by atoms with Gasteiger partial charge in [-0.15, -0.1) is 0 Å². The Morgan fingerprint density at radius 3 is 3.00 bits per heavy atom. The summed E-state index contributed by atoms with van der Waals surface area (Å²) >= 11 is 0. The molecule has 2 aromatic rings. The fourth-order valence-corrected chi connectivity index (χ4v) is 1.93. The predicted octanol–water partition coefficient (Wildman–Crippen LogP) is 3.30. The first-order valence-electron chi connectivity index (χ1n) is 5.95. The highest BCUT2D eigenvalue weighted by atomic mass is 16.5. The molecule has 3 heteroatoms. The molecule has 0 amide bonds. The summed E-state index contributed by atoms with van der Waals surface area (Å²) in [6.07, 6.45) is 3.68. The van der Waals surface area contributed by atoms with Crippen LogP contribution in [0.15, 0.2) is 34.9 Å². The van der Waals surface area contributed by atoms with E-state index in [-0.39, 0.29) is 0 Å². The fraction of sp³-hybridized carbons (Fsp3) is 0.357. The molecule has 0 saturated heterocycles. The molecular formula is C14H15NO2. The van der Waals surface area contributed by atoms with Crippen LogP contribution in [0.3, 0.4) is 0 Å². The molecule has 0 aliphatic heterocycles. The first kappa shape index (κ1) is 10.4. The molecule has 0 spiro atoms. The molecule has 1 heterocycles. The van der Waals surface area contributed by atoms with Gasteiger partial charge in [0.2, 0.25) is 0 Å². The maximum absolute atomic E-state index is 5.35. The molecule has 0 atom stereocenters. The van der Waals surface area contributed by atoms with Gasteiger partial charge in [-0.2, -0.15) is 0 Å². The van der Waals surface area contributed by atoms with Gasteiger partial charge in [0, 0.05) is 18.1 Å². The number of hydrogen-bond acceptors (Lipinski definition) is 3. The Kier molecular flexibility index (Phi) is 2.59. The van der Waals surface area contributed by atoms with E-state index in [9.17, 15) is 0 Å². The second-order valence-electron chi connectivity index (χ2n) is 4.56. The van der Waals surface area contributed by atoms with Gasteiger partial charge in [0.05, 0.1) is 7.11 Å². The zero-order chi connectivity index (χ0) is 11.7. The molecule has 3 nitrogen and oxygen atoms in total. The van der Waals surface area contributed by atoms with Gasteiger partial charge in [-0.3, -0.25) is 0 Å². The third-order valence-corrected chi connectivity index (χ3v) is 3.11. The van der Waals surface area contributed by atoms with Gasteiger partial charge < -0.3 is 9.26 Å². The quantitative estimate of drug-likeness (QED) is 0.806. The van der Waals surface area contributed by atoms with E-state index in [1.807, 2.05) is 30.3 Å². The monoisotopic (exact) mass is 229 g/mol. The van der Waals surface area contributed by atoms with Crippen molar-refractivity contribution in [3.8, 4) is 17.0 Å². The van der Waals surface area contributed by atoms with Gasteiger partial charge in [0.25, 0.3) is 0 Å². The second-order valence-corrected chi connectivity index (χ2v) is 4.56. The maximum atomic E-state index is 5.35. The van der Waals surface area contributed by atoms with Crippen molar-refractivity contribution < 1.29 is 9.26 Å². The molecule has 1 aromatic carbocycles. The van der Waals surface area contributed by atoms with Gasteiger partial charge in [0.15, 0.2) is 0 Å². The van der Waals surface area contributed by atoms with Crippen LogP contribution in [0.25, 0.3) is 11.3 Å². The van der Waals surface area contributed by atoms with E-state index >= 15 is 0 Å². The number of hydrogen-bond donors (Lipinski definition) is 0. The number of benzene rings is 1. The van der Waals surface area contributed by atoms with Crippen LogP contribution >= 0.6 is 0 Å². The standard InChI is InChI=1S/C14H15NO2/c1-16-12-4-2-3-11(8-12)14-9-13(17-15-14)7-10-5-6-10/h2-4,8-10H,5-7H2,1H3. The summed E-state index contributed by atoms with van der Waals surface area (Å²) in [7, 11) is 1.67. The highest BCUT2D eigenvalue weighted by molar-refractivity contribution is 5.60. The minimum Gasteiger partial charge on any atom is -0.497 e. The Morgan fingerprint density at radius 2 is 2.24 bits per heavy atom. The minimum atomic E-state index is 0.820. The molecule has 0 unspecified atom stereocenters. The fourth-order valence-electron chi connectivity index (χ4n) is 1.93. The molecule has 17 heavy (non-hydrogen) atoms. The lowest BCUT2D eigenvalue weighted by atomic mass is 10.1. The van der Waals surface area contributed by atoms with Crippen LogP contribution < -0.4 is 4.74 Å². The van der Waals surface area contributed by atoms with Crippen molar-refractivity contribution in [2.45, 2.75) is 19.3 Å². The van der Waals surface area contributed by atoms with Crippen molar-refractivity contribution in [1.82, 2.24) is 5.16 Å². The van der Waals surface area contributed by atoms with Crippen LogP contribution in [-0.2, 0) is 6.42 Å². The van der Waals surface area contributed by atoms with Gasteiger partial charge in [0.1, 0.15) is 17.2 Å². The Balaban J connectivity index is 1.83. The van der Waals surface area contributed by atoms with Crippen LogP contribution in [0.4, 0.5) is 0 Å². The van der Waals surface area contributed by atoms with Crippen molar-refractivity contribution >= 4 is 0 Å². The zero-order valence-corrected chi connectivity index (χ0v) is 9.85. The van der Waals surface area contributed by atoms with Crippen molar-refractivity contribution in [3.05, 3.63) is 36.1 Å². The molecule has 1 aromatic heterocycles. The van der Waals surface area contributed by atoms with Crippen LogP contribution in [-0.4, -0.2) is 12.3 Å². The number of methoxy groups -OCH3 is 1. The van der Waals surface area contributed by atoms with Crippen molar-refractivity contribution in [1.29, 1.82) is 0 Å². The molecule has 88 valence electrons. The summed E-state index contributed by atoms with van der Waals surface area (Å²) in [5, 5.41) is 4.11. The summed E-state index contributed by atoms with van der Waals surface area (Å²) in [5.74, 6) is 2.65. The van der Waals surface area contributed by atoms with E-state index < -0.39 is 0 Å². The number of nitrogens with zero attached hydrogens (tertiary/aromatic N) is 1. The van der Waals surface area contributed by atoms with Crippen LogP contribution in [0.5, 0.6) is 5.75 Å². The summed E-state index contributed by atoms with van der Waals surface area (Å²) in [4.78, 5) is 0. The Labute approximate surface area is 100 Å². The van der Waals surface area contributed by atoms with Gasteiger partial charge in [-0.1, -0.05) is 17.3 Å². The first-order valence-corrected chi connectivity index (χ1v) is 5.95. The molecule has 1 aliphatic rings. The number of ether oxygens (including phenoxy) is 1. The molecule has 0 bridgehead atoms. The van der Waals surface area contributed by atoms with Crippen LogP contribution in [0.1, 0.15) is 18.6 Å². The third-order valence-electron chi connectivity index (χ3n) is 3.11. The van der Waals surface area contributed by atoms with Gasteiger partial charge >= 0.3 is 0 Å². The largest absolute Gasteiger partial charge is 0.497 e. The van der Waals surface area contributed by atoms with E-state index in [1.54, 1.807) is 7.11 Å². The topological polar surface area (TPSA) is 35.3 Å². The smallest absolute Gasteiger partial charge is 0.137 e.